The lowest BCUT2D eigenvalue weighted by Gasteiger charge is -2.28. The molecule has 2 aromatic rings. The highest BCUT2D eigenvalue weighted by molar-refractivity contribution is 6.30. The van der Waals surface area contributed by atoms with E-state index in [2.05, 4.69) is 10.2 Å². The number of halogens is 3. The first-order chi connectivity index (χ1) is 13.7. The van der Waals surface area contributed by atoms with Gasteiger partial charge in [0.05, 0.1) is 0 Å². The normalized spacial score (nSPS) is 15.3. The highest BCUT2D eigenvalue weighted by Crippen LogP contribution is 2.32. The molecule has 3 nitrogen and oxygen atoms in total. The lowest BCUT2D eigenvalue weighted by Crippen LogP contribution is -2.30. The molecule has 0 spiro atoms. The fourth-order valence-electron chi connectivity index (χ4n) is 3.73. The summed E-state index contributed by atoms with van der Waals surface area (Å²) in [4.78, 5) is 14.8. The molecule has 1 fully saturated rings. The molecule has 0 atom stereocenters. The van der Waals surface area contributed by atoms with Crippen molar-refractivity contribution in [3.8, 4) is 0 Å². The molecule has 156 valence electrons. The van der Waals surface area contributed by atoms with Crippen LogP contribution in [0.15, 0.2) is 36.4 Å². The molecule has 3 rings (SSSR count). The van der Waals surface area contributed by atoms with Gasteiger partial charge in [0.1, 0.15) is 0 Å². The Balaban J connectivity index is 1.76. The molecule has 0 aromatic heterocycles. The van der Waals surface area contributed by atoms with Crippen LogP contribution < -0.4 is 5.32 Å². The second-order valence-corrected chi connectivity index (χ2v) is 8.29. The fraction of sp³-hybridized carbons (Fsp3) is 0.435. The molecule has 1 amide bonds. The quantitative estimate of drug-likeness (QED) is 0.652. The van der Waals surface area contributed by atoms with E-state index < -0.39 is 5.92 Å². The zero-order valence-corrected chi connectivity index (χ0v) is 17.7. The number of nitrogens with one attached hydrogen (secondary N) is 1. The van der Waals surface area contributed by atoms with E-state index in [0.29, 0.717) is 23.7 Å². The maximum absolute atomic E-state index is 14.3. The van der Waals surface area contributed by atoms with Gasteiger partial charge in [0, 0.05) is 36.2 Å². The Kier molecular flexibility index (Phi) is 6.91. The van der Waals surface area contributed by atoms with Crippen LogP contribution in [0.5, 0.6) is 0 Å². The number of amides is 1. The van der Waals surface area contributed by atoms with Gasteiger partial charge >= 0.3 is 0 Å². The van der Waals surface area contributed by atoms with Gasteiger partial charge in [0.15, 0.2) is 0 Å². The van der Waals surface area contributed by atoms with Gasteiger partial charge in [-0.15, -0.1) is 0 Å². The molecule has 1 aliphatic rings. The lowest BCUT2D eigenvalue weighted by molar-refractivity contribution is 0.0156. The molecule has 1 aliphatic heterocycles. The van der Waals surface area contributed by atoms with Gasteiger partial charge in [0.25, 0.3) is 11.8 Å². The van der Waals surface area contributed by atoms with Gasteiger partial charge < -0.3 is 5.32 Å². The van der Waals surface area contributed by atoms with Crippen molar-refractivity contribution in [3.05, 3.63) is 69.2 Å². The van der Waals surface area contributed by atoms with Crippen LogP contribution in [-0.2, 0) is 19.0 Å². The van der Waals surface area contributed by atoms with Crippen LogP contribution in [0.1, 0.15) is 58.8 Å². The van der Waals surface area contributed by atoms with Gasteiger partial charge in [-0.2, -0.15) is 0 Å². The molecule has 0 aliphatic carbocycles. The van der Waals surface area contributed by atoms with E-state index in [-0.39, 0.29) is 17.0 Å². The van der Waals surface area contributed by atoms with Gasteiger partial charge in [0.2, 0.25) is 0 Å². The second kappa shape index (κ2) is 9.23. The Morgan fingerprint density at radius 1 is 1.10 bits per heavy atom. The van der Waals surface area contributed by atoms with Crippen molar-refractivity contribution < 1.29 is 13.6 Å². The SMILES string of the molecule is Cc1ccc(Cl)cc1CNC(=O)c1ccc(CN2CCCCC2)c(C(C)(F)F)c1. The zero-order chi connectivity index (χ0) is 21.0. The van der Waals surface area contributed by atoms with E-state index in [0.717, 1.165) is 44.0 Å². The van der Waals surface area contributed by atoms with Crippen LogP contribution in [0.2, 0.25) is 5.02 Å². The smallest absolute Gasteiger partial charge is 0.270 e. The summed E-state index contributed by atoms with van der Waals surface area (Å²) < 4.78 is 28.6. The summed E-state index contributed by atoms with van der Waals surface area (Å²) in [6.45, 7) is 5.45. The number of hydrogen-bond donors (Lipinski definition) is 1. The summed E-state index contributed by atoms with van der Waals surface area (Å²) in [5.74, 6) is -3.38. The average Bonchev–Trinajstić information content (AvgIpc) is 2.68. The Bertz CT molecular complexity index is 874. The molecule has 29 heavy (non-hydrogen) atoms. The van der Waals surface area contributed by atoms with Crippen molar-refractivity contribution in [1.82, 2.24) is 10.2 Å². The van der Waals surface area contributed by atoms with Crippen molar-refractivity contribution in [2.24, 2.45) is 0 Å². The lowest BCUT2D eigenvalue weighted by atomic mass is 9.97. The maximum atomic E-state index is 14.3. The minimum Gasteiger partial charge on any atom is -0.348 e. The third-order valence-electron chi connectivity index (χ3n) is 5.44. The topological polar surface area (TPSA) is 32.3 Å². The molecule has 1 saturated heterocycles. The van der Waals surface area contributed by atoms with Crippen LogP contribution in [0.4, 0.5) is 8.78 Å². The first-order valence-corrected chi connectivity index (χ1v) is 10.4. The Morgan fingerprint density at radius 3 is 2.52 bits per heavy atom. The molecular weight excluding hydrogens is 394 g/mol. The summed E-state index contributed by atoms with van der Waals surface area (Å²) in [7, 11) is 0. The first kappa shape index (κ1) is 21.7. The van der Waals surface area contributed by atoms with Crippen molar-refractivity contribution in [3.63, 3.8) is 0 Å². The number of alkyl halides is 2. The third kappa shape index (κ3) is 5.77. The predicted octanol–water partition coefficient (Wildman–Crippen LogP) is 5.68. The Hall–Kier alpha value is -1.98. The minimum absolute atomic E-state index is 0.0744. The number of nitrogens with zero attached hydrogens (tertiary/aromatic N) is 1. The van der Waals surface area contributed by atoms with Gasteiger partial charge in [-0.1, -0.05) is 30.2 Å². The molecule has 0 bridgehead atoms. The number of hydrogen-bond acceptors (Lipinski definition) is 2. The zero-order valence-electron chi connectivity index (χ0n) is 16.9. The van der Waals surface area contributed by atoms with Crippen LogP contribution in [0.3, 0.4) is 0 Å². The largest absolute Gasteiger partial charge is 0.348 e. The van der Waals surface area contributed by atoms with Crippen LogP contribution >= 0.6 is 11.6 Å². The van der Waals surface area contributed by atoms with Crippen molar-refractivity contribution in [2.45, 2.75) is 52.1 Å². The number of carbonyl (C=O) groups excluding carboxylic acids is 1. The van der Waals surface area contributed by atoms with Gasteiger partial charge in [-0.05, 0) is 73.8 Å². The first-order valence-electron chi connectivity index (χ1n) is 10.0. The molecule has 6 heteroatoms. The molecule has 2 aromatic carbocycles. The summed E-state index contributed by atoms with van der Waals surface area (Å²) in [5, 5.41) is 3.40. The predicted molar refractivity (Wildman–Crippen MR) is 112 cm³/mol. The number of aryl methyl sites for hydroxylation is 1. The molecule has 0 radical (unpaired) electrons. The summed E-state index contributed by atoms with van der Waals surface area (Å²) in [6.07, 6.45) is 3.39. The number of piperidine rings is 1. The van der Waals surface area contributed by atoms with E-state index in [1.54, 1.807) is 24.3 Å². The maximum Gasteiger partial charge on any atom is 0.270 e. The standard InChI is InChI=1S/C23H27ClF2N2O/c1-16-6-9-20(24)12-19(16)14-27-22(29)17-7-8-18(21(13-17)23(2,25)26)15-28-10-4-3-5-11-28/h6-9,12-13H,3-5,10-11,14-15H2,1-2H3,(H,27,29). The van der Waals surface area contributed by atoms with E-state index in [9.17, 15) is 13.6 Å². The van der Waals surface area contributed by atoms with Crippen LogP contribution in [0, 0.1) is 6.92 Å². The van der Waals surface area contributed by atoms with Crippen molar-refractivity contribution in [1.29, 1.82) is 0 Å². The van der Waals surface area contributed by atoms with E-state index in [1.165, 1.54) is 12.5 Å². The van der Waals surface area contributed by atoms with E-state index in [1.807, 2.05) is 13.0 Å². The number of rotatable bonds is 6. The number of carbonyl (C=O) groups is 1. The number of benzene rings is 2. The summed E-state index contributed by atoms with van der Waals surface area (Å²) in [6, 6.07) is 10.1. The monoisotopic (exact) mass is 420 g/mol. The van der Waals surface area contributed by atoms with Gasteiger partial charge in [-0.3, -0.25) is 9.69 Å². The Morgan fingerprint density at radius 2 is 1.83 bits per heavy atom. The highest BCUT2D eigenvalue weighted by atomic mass is 35.5. The molecule has 0 unspecified atom stereocenters. The van der Waals surface area contributed by atoms with Crippen LogP contribution in [-0.4, -0.2) is 23.9 Å². The summed E-state index contributed by atoms with van der Waals surface area (Å²) >= 11 is 6.02. The molecular formula is C23H27ClF2N2O. The summed E-state index contributed by atoms with van der Waals surface area (Å²) in [5.41, 5.74) is 2.65. The average molecular weight is 421 g/mol. The molecule has 0 saturated carbocycles. The molecule has 1 N–H and O–H groups in total. The van der Waals surface area contributed by atoms with Crippen LogP contribution in [0.25, 0.3) is 0 Å². The van der Waals surface area contributed by atoms with Crippen molar-refractivity contribution in [2.75, 3.05) is 13.1 Å². The fourth-order valence-corrected chi connectivity index (χ4v) is 3.93. The van der Waals surface area contributed by atoms with Crippen molar-refractivity contribution >= 4 is 17.5 Å². The second-order valence-electron chi connectivity index (χ2n) is 7.85. The highest BCUT2D eigenvalue weighted by Gasteiger charge is 2.29. The third-order valence-corrected chi connectivity index (χ3v) is 5.67. The van der Waals surface area contributed by atoms with E-state index in [4.69, 9.17) is 11.6 Å². The molecule has 1 heterocycles. The Labute approximate surface area is 176 Å². The van der Waals surface area contributed by atoms with E-state index >= 15 is 0 Å². The van der Waals surface area contributed by atoms with Gasteiger partial charge in [-0.25, -0.2) is 8.78 Å². The number of likely N-dealkylation sites (tertiary alicyclic amines) is 1. The minimum atomic E-state index is -3.01.